The number of hydrogen-bond acceptors (Lipinski definition) is 4. The van der Waals surface area contributed by atoms with Crippen LogP contribution in [0.25, 0.3) is 0 Å². The molecule has 5 nitrogen and oxygen atoms in total. The van der Waals surface area contributed by atoms with Crippen LogP contribution in [-0.4, -0.2) is 19.1 Å². The SMILES string of the molecule is CC(C)(NS(=O)C(C)(C)C)c1ncon1. The zero-order valence-corrected chi connectivity index (χ0v) is 10.5. The van der Waals surface area contributed by atoms with Crippen LogP contribution in [0.15, 0.2) is 10.9 Å². The highest BCUT2D eigenvalue weighted by atomic mass is 32.2. The predicted octanol–water partition coefficient (Wildman–Crippen LogP) is 1.36. The maximum atomic E-state index is 11.9. The molecule has 0 aromatic carbocycles. The first-order valence-corrected chi connectivity index (χ1v) is 5.85. The van der Waals surface area contributed by atoms with Gasteiger partial charge in [0.1, 0.15) is 0 Å². The summed E-state index contributed by atoms with van der Waals surface area (Å²) >= 11 is 0. The van der Waals surface area contributed by atoms with Crippen molar-refractivity contribution >= 4 is 11.0 Å². The van der Waals surface area contributed by atoms with Crippen molar-refractivity contribution in [1.82, 2.24) is 14.9 Å². The molecule has 0 aliphatic carbocycles. The normalized spacial score (nSPS) is 15.3. The molecule has 0 fully saturated rings. The molecule has 1 atom stereocenters. The summed E-state index contributed by atoms with van der Waals surface area (Å²) < 4.78 is 19.2. The second-order valence-corrected chi connectivity index (χ2v) is 6.83. The first kappa shape index (κ1) is 12.3. The zero-order valence-electron chi connectivity index (χ0n) is 9.70. The molecule has 1 aromatic heterocycles. The second kappa shape index (κ2) is 4.02. The van der Waals surface area contributed by atoms with E-state index in [1.54, 1.807) is 0 Å². The third-order valence-electron chi connectivity index (χ3n) is 1.82. The average molecular weight is 231 g/mol. The van der Waals surface area contributed by atoms with Crippen LogP contribution < -0.4 is 4.72 Å². The lowest BCUT2D eigenvalue weighted by Gasteiger charge is -2.27. The van der Waals surface area contributed by atoms with Crippen molar-refractivity contribution in [2.75, 3.05) is 0 Å². The van der Waals surface area contributed by atoms with Crippen molar-refractivity contribution in [2.45, 2.75) is 44.9 Å². The summed E-state index contributed by atoms with van der Waals surface area (Å²) in [6.45, 7) is 9.44. The summed E-state index contributed by atoms with van der Waals surface area (Å²) in [6.07, 6.45) is 1.26. The van der Waals surface area contributed by atoms with E-state index in [2.05, 4.69) is 19.4 Å². The third-order valence-corrected chi connectivity index (χ3v) is 3.63. The third kappa shape index (κ3) is 3.10. The molecular formula is C9H17N3O2S. The summed E-state index contributed by atoms with van der Waals surface area (Å²) in [5.41, 5.74) is -0.564. The van der Waals surface area contributed by atoms with Gasteiger partial charge in [-0.1, -0.05) is 5.16 Å². The molecule has 86 valence electrons. The van der Waals surface area contributed by atoms with Gasteiger partial charge in [0.05, 0.1) is 21.3 Å². The standard InChI is InChI=1S/C9H17N3O2S/c1-8(2,3)15(13)12-9(4,5)7-10-6-14-11-7/h6,12H,1-5H3. The van der Waals surface area contributed by atoms with Crippen molar-refractivity contribution in [3.63, 3.8) is 0 Å². The zero-order chi connectivity index (χ0) is 11.7. The molecule has 1 rings (SSSR count). The molecule has 0 saturated carbocycles. The Morgan fingerprint density at radius 3 is 2.33 bits per heavy atom. The van der Waals surface area contributed by atoms with E-state index >= 15 is 0 Å². The van der Waals surface area contributed by atoms with Crippen molar-refractivity contribution in [1.29, 1.82) is 0 Å². The second-order valence-electron chi connectivity index (χ2n) is 4.86. The highest BCUT2D eigenvalue weighted by Crippen LogP contribution is 2.19. The van der Waals surface area contributed by atoms with Gasteiger partial charge >= 0.3 is 0 Å². The van der Waals surface area contributed by atoms with E-state index in [4.69, 9.17) is 0 Å². The van der Waals surface area contributed by atoms with E-state index in [1.165, 1.54) is 6.39 Å². The Kier molecular flexibility index (Phi) is 3.30. The van der Waals surface area contributed by atoms with E-state index in [0.29, 0.717) is 5.82 Å². The fourth-order valence-corrected chi connectivity index (χ4v) is 1.74. The number of aromatic nitrogens is 2. The minimum atomic E-state index is -1.16. The fraction of sp³-hybridized carbons (Fsp3) is 0.778. The molecule has 0 aliphatic rings. The maximum absolute atomic E-state index is 11.9. The first-order chi connectivity index (χ1) is 6.73. The lowest BCUT2D eigenvalue weighted by molar-refractivity contribution is 0.377. The summed E-state index contributed by atoms with van der Waals surface area (Å²) in [4.78, 5) is 3.95. The largest absolute Gasteiger partial charge is 0.343 e. The summed E-state index contributed by atoms with van der Waals surface area (Å²) in [7, 11) is -1.16. The van der Waals surface area contributed by atoms with Gasteiger partial charge in [0.25, 0.3) is 0 Å². The minimum Gasteiger partial charge on any atom is -0.343 e. The molecule has 1 aromatic rings. The average Bonchev–Trinajstić information content (AvgIpc) is 2.52. The molecule has 1 N–H and O–H groups in total. The fourth-order valence-electron chi connectivity index (χ4n) is 0.877. The highest BCUT2D eigenvalue weighted by molar-refractivity contribution is 7.84. The van der Waals surface area contributed by atoms with Crippen LogP contribution in [0, 0.1) is 0 Å². The Morgan fingerprint density at radius 2 is 1.93 bits per heavy atom. The summed E-state index contributed by atoms with van der Waals surface area (Å²) in [5.74, 6) is 0.500. The van der Waals surface area contributed by atoms with E-state index in [0.717, 1.165) is 0 Å². The van der Waals surface area contributed by atoms with Crippen molar-refractivity contribution < 1.29 is 8.73 Å². The molecule has 0 aliphatic heterocycles. The van der Waals surface area contributed by atoms with Crippen LogP contribution >= 0.6 is 0 Å². The van der Waals surface area contributed by atoms with E-state index < -0.39 is 16.5 Å². The number of rotatable bonds is 3. The van der Waals surface area contributed by atoms with Crippen LogP contribution in [0.5, 0.6) is 0 Å². The predicted molar refractivity (Wildman–Crippen MR) is 58.4 cm³/mol. The monoisotopic (exact) mass is 231 g/mol. The van der Waals surface area contributed by atoms with Gasteiger partial charge in [-0.2, -0.15) is 4.98 Å². The van der Waals surface area contributed by atoms with Crippen molar-refractivity contribution in [3.05, 3.63) is 12.2 Å². The Bertz CT molecular complexity index is 341. The molecule has 0 bridgehead atoms. The van der Waals surface area contributed by atoms with Crippen LogP contribution in [0.3, 0.4) is 0 Å². The topological polar surface area (TPSA) is 68.0 Å². The van der Waals surface area contributed by atoms with Gasteiger partial charge in [-0.15, -0.1) is 0 Å². The smallest absolute Gasteiger partial charge is 0.213 e. The van der Waals surface area contributed by atoms with E-state index in [1.807, 2.05) is 34.6 Å². The minimum absolute atomic E-state index is 0.318. The van der Waals surface area contributed by atoms with Gasteiger partial charge < -0.3 is 4.52 Å². The Hall–Kier alpha value is -0.750. The van der Waals surface area contributed by atoms with Crippen LogP contribution in [0.2, 0.25) is 0 Å². The quantitative estimate of drug-likeness (QED) is 0.852. The van der Waals surface area contributed by atoms with Crippen LogP contribution in [0.4, 0.5) is 0 Å². The molecule has 0 radical (unpaired) electrons. The molecule has 0 saturated heterocycles. The molecule has 1 heterocycles. The number of hydrogen-bond donors (Lipinski definition) is 1. The summed E-state index contributed by atoms with van der Waals surface area (Å²) in [5, 5.41) is 3.74. The van der Waals surface area contributed by atoms with Gasteiger partial charge in [-0.05, 0) is 34.6 Å². The van der Waals surface area contributed by atoms with Gasteiger partial charge in [0.2, 0.25) is 6.39 Å². The van der Waals surface area contributed by atoms with Gasteiger partial charge in [0, 0.05) is 0 Å². The Labute approximate surface area is 92.2 Å². The Balaban J connectivity index is 2.78. The molecule has 6 heteroatoms. The lowest BCUT2D eigenvalue weighted by Crippen LogP contribution is -2.44. The van der Waals surface area contributed by atoms with Crippen LogP contribution in [0.1, 0.15) is 40.4 Å². The van der Waals surface area contributed by atoms with Gasteiger partial charge in [-0.25, -0.2) is 8.93 Å². The lowest BCUT2D eigenvalue weighted by atomic mass is 10.1. The molecular weight excluding hydrogens is 214 g/mol. The Morgan fingerprint density at radius 1 is 1.33 bits per heavy atom. The number of nitrogens with one attached hydrogen (secondary N) is 1. The van der Waals surface area contributed by atoms with Crippen molar-refractivity contribution in [3.8, 4) is 0 Å². The number of nitrogens with zero attached hydrogens (tertiary/aromatic N) is 2. The summed E-state index contributed by atoms with van der Waals surface area (Å²) in [6, 6.07) is 0. The van der Waals surface area contributed by atoms with Gasteiger partial charge in [0.15, 0.2) is 5.82 Å². The highest BCUT2D eigenvalue weighted by Gasteiger charge is 2.31. The first-order valence-electron chi connectivity index (χ1n) is 4.70. The van der Waals surface area contributed by atoms with Crippen molar-refractivity contribution in [2.24, 2.45) is 0 Å². The molecule has 1 unspecified atom stereocenters. The molecule has 15 heavy (non-hydrogen) atoms. The van der Waals surface area contributed by atoms with Gasteiger partial charge in [-0.3, -0.25) is 0 Å². The molecule has 0 amide bonds. The maximum Gasteiger partial charge on any atom is 0.213 e. The van der Waals surface area contributed by atoms with E-state index in [9.17, 15) is 4.21 Å². The van der Waals surface area contributed by atoms with E-state index in [-0.39, 0.29) is 4.75 Å². The molecule has 0 spiro atoms. The van der Waals surface area contributed by atoms with Crippen LogP contribution in [-0.2, 0) is 16.5 Å².